The van der Waals surface area contributed by atoms with Gasteiger partial charge in [0.2, 0.25) is 0 Å². The van der Waals surface area contributed by atoms with Crippen molar-refractivity contribution in [1.29, 1.82) is 0 Å². The molecule has 0 saturated heterocycles. The number of aromatic carboxylic acids is 1. The van der Waals surface area contributed by atoms with Crippen LogP contribution in [0, 0.1) is 18.6 Å². The Hall–Kier alpha value is -2.43. The minimum atomic E-state index is -1.24. The third-order valence-electron chi connectivity index (χ3n) is 3.02. The molecule has 0 saturated carbocycles. The fourth-order valence-electron chi connectivity index (χ4n) is 1.92. The summed E-state index contributed by atoms with van der Waals surface area (Å²) in [6.45, 7) is 1.44. The van der Waals surface area contributed by atoms with Gasteiger partial charge >= 0.3 is 5.97 Å². The van der Waals surface area contributed by atoms with Gasteiger partial charge in [-0.2, -0.15) is 0 Å². The Balaban J connectivity index is 2.70. The first-order valence-electron chi connectivity index (χ1n) is 5.82. The fraction of sp³-hybridized carbons (Fsp3) is 0.133. The zero-order chi connectivity index (χ0) is 14.9. The second kappa shape index (κ2) is 5.28. The number of halogens is 2. The average Bonchev–Trinajstić information content (AvgIpc) is 2.44. The van der Waals surface area contributed by atoms with Crippen molar-refractivity contribution in [3.63, 3.8) is 0 Å². The molecule has 0 radical (unpaired) electrons. The van der Waals surface area contributed by atoms with Gasteiger partial charge in [0.1, 0.15) is 5.75 Å². The number of methoxy groups -OCH3 is 1. The van der Waals surface area contributed by atoms with Crippen molar-refractivity contribution in [2.45, 2.75) is 6.92 Å². The Morgan fingerprint density at radius 3 is 2.35 bits per heavy atom. The Kier molecular flexibility index (Phi) is 3.70. The van der Waals surface area contributed by atoms with E-state index in [1.54, 1.807) is 0 Å². The van der Waals surface area contributed by atoms with E-state index in [-0.39, 0.29) is 22.3 Å². The highest BCUT2D eigenvalue weighted by Crippen LogP contribution is 2.31. The van der Waals surface area contributed by atoms with Gasteiger partial charge in [-0.15, -0.1) is 0 Å². The van der Waals surface area contributed by atoms with Crippen molar-refractivity contribution >= 4 is 5.97 Å². The molecule has 2 aromatic rings. The molecular weight excluding hydrogens is 266 g/mol. The lowest BCUT2D eigenvalue weighted by atomic mass is 9.97. The number of carbonyl (C=O) groups is 1. The molecule has 0 unspecified atom stereocenters. The van der Waals surface area contributed by atoms with Crippen LogP contribution in [0.2, 0.25) is 0 Å². The van der Waals surface area contributed by atoms with Gasteiger partial charge in [-0.3, -0.25) is 0 Å². The summed E-state index contributed by atoms with van der Waals surface area (Å²) in [4.78, 5) is 11.3. The SMILES string of the molecule is COc1ccc(-c2ccc(C)c(F)c2F)c(C(=O)O)c1. The van der Waals surface area contributed by atoms with Crippen LogP contribution in [0.1, 0.15) is 15.9 Å². The number of rotatable bonds is 3. The summed E-state index contributed by atoms with van der Waals surface area (Å²) >= 11 is 0. The summed E-state index contributed by atoms with van der Waals surface area (Å²) in [6, 6.07) is 6.94. The molecule has 0 aromatic heterocycles. The van der Waals surface area contributed by atoms with Gasteiger partial charge in [0.05, 0.1) is 12.7 Å². The molecular formula is C15H12F2O3. The smallest absolute Gasteiger partial charge is 0.336 e. The standard InChI is InChI=1S/C15H12F2O3/c1-8-3-5-11(14(17)13(8)16)10-6-4-9(20-2)7-12(10)15(18)19/h3-7H,1-2H3,(H,18,19). The Morgan fingerprint density at radius 1 is 1.10 bits per heavy atom. The van der Waals surface area contributed by atoms with Crippen LogP contribution in [-0.2, 0) is 0 Å². The summed E-state index contributed by atoms with van der Waals surface area (Å²) in [7, 11) is 1.40. The van der Waals surface area contributed by atoms with Crippen LogP contribution in [0.15, 0.2) is 30.3 Å². The van der Waals surface area contributed by atoms with Crippen LogP contribution in [0.5, 0.6) is 5.75 Å². The van der Waals surface area contributed by atoms with Gasteiger partial charge in [-0.1, -0.05) is 12.1 Å². The highest BCUT2D eigenvalue weighted by Gasteiger charge is 2.18. The lowest BCUT2D eigenvalue weighted by Crippen LogP contribution is -2.02. The summed E-state index contributed by atoms with van der Waals surface area (Å²) in [6.07, 6.45) is 0. The minimum Gasteiger partial charge on any atom is -0.497 e. The van der Waals surface area contributed by atoms with Crippen LogP contribution in [0.4, 0.5) is 8.78 Å². The van der Waals surface area contributed by atoms with E-state index in [0.717, 1.165) is 0 Å². The molecule has 5 heteroatoms. The maximum atomic E-state index is 14.0. The quantitative estimate of drug-likeness (QED) is 0.932. The number of carboxylic acid groups (broad SMARTS) is 1. The van der Waals surface area contributed by atoms with Crippen molar-refractivity contribution in [2.75, 3.05) is 7.11 Å². The first-order chi connectivity index (χ1) is 9.45. The lowest BCUT2D eigenvalue weighted by molar-refractivity contribution is 0.0697. The van der Waals surface area contributed by atoms with E-state index < -0.39 is 17.6 Å². The molecule has 0 aliphatic heterocycles. The topological polar surface area (TPSA) is 46.5 Å². The Morgan fingerprint density at radius 2 is 1.75 bits per heavy atom. The molecule has 0 fully saturated rings. The lowest BCUT2D eigenvalue weighted by Gasteiger charge is -2.10. The molecule has 104 valence electrons. The van der Waals surface area contributed by atoms with Crippen LogP contribution in [-0.4, -0.2) is 18.2 Å². The molecule has 2 aromatic carbocycles. The number of hydrogen-bond acceptors (Lipinski definition) is 2. The molecule has 0 aliphatic carbocycles. The summed E-state index contributed by atoms with van der Waals surface area (Å²) in [5.74, 6) is -2.94. The maximum Gasteiger partial charge on any atom is 0.336 e. The van der Waals surface area contributed by atoms with Gasteiger partial charge < -0.3 is 9.84 Å². The first-order valence-corrected chi connectivity index (χ1v) is 5.82. The van der Waals surface area contributed by atoms with E-state index >= 15 is 0 Å². The van der Waals surface area contributed by atoms with Gasteiger partial charge in [0, 0.05) is 5.56 Å². The van der Waals surface area contributed by atoms with Crippen molar-refractivity contribution in [3.8, 4) is 16.9 Å². The van der Waals surface area contributed by atoms with E-state index in [4.69, 9.17) is 4.74 Å². The Labute approximate surface area is 114 Å². The van der Waals surface area contributed by atoms with E-state index in [2.05, 4.69) is 0 Å². The van der Waals surface area contributed by atoms with E-state index in [1.807, 2.05) is 0 Å². The third kappa shape index (κ3) is 2.34. The molecule has 0 amide bonds. The zero-order valence-electron chi connectivity index (χ0n) is 10.9. The Bertz CT molecular complexity index is 681. The van der Waals surface area contributed by atoms with E-state index in [9.17, 15) is 18.7 Å². The second-order valence-electron chi connectivity index (χ2n) is 4.27. The van der Waals surface area contributed by atoms with E-state index in [1.165, 1.54) is 44.4 Å². The second-order valence-corrected chi connectivity index (χ2v) is 4.27. The number of aryl methyl sites for hydroxylation is 1. The average molecular weight is 278 g/mol. The maximum absolute atomic E-state index is 14.0. The molecule has 0 aliphatic rings. The predicted octanol–water partition coefficient (Wildman–Crippen LogP) is 3.65. The molecule has 0 bridgehead atoms. The number of benzene rings is 2. The van der Waals surface area contributed by atoms with Crippen molar-refractivity contribution in [1.82, 2.24) is 0 Å². The molecule has 2 rings (SSSR count). The highest BCUT2D eigenvalue weighted by atomic mass is 19.2. The predicted molar refractivity (Wildman–Crippen MR) is 70.0 cm³/mol. The molecule has 0 spiro atoms. The summed E-state index contributed by atoms with van der Waals surface area (Å²) < 4.78 is 32.5. The highest BCUT2D eigenvalue weighted by molar-refractivity contribution is 5.96. The van der Waals surface area contributed by atoms with Crippen LogP contribution >= 0.6 is 0 Å². The van der Waals surface area contributed by atoms with Crippen molar-refractivity contribution < 1.29 is 23.4 Å². The fourth-order valence-corrected chi connectivity index (χ4v) is 1.92. The molecule has 0 heterocycles. The van der Waals surface area contributed by atoms with Crippen LogP contribution in [0.3, 0.4) is 0 Å². The summed E-state index contributed by atoms with van der Waals surface area (Å²) in [5, 5.41) is 9.19. The number of carboxylic acids is 1. The third-order valence-corrected chi connectivity index (χ3v) is 3.02. The summed E-state index contributed by atoms with van der Waals surface area (Å²) in [5.41, 5.74) is 0.0333. The van der Waals surface area contributed by atoms with Crippen molar-refractivity contribution in [3.05, 3.63) is 53.1 Å². The largest absolute Gasteiger partial charge is 0.497 e. The first kappa shape index (κ1) is 14.0. The van der Waals surface area contributed by atoms with Crippen molar-refractivity contribution in [2.24, 2.45) is 0 Å². The van der Waals surface area contributed by atoms with Gasteiger partial charge in [-0.25, -0.2) is 13.6 Å². The van der Waals surface area contributed by atoms with Gasteiger partial charge in [-0.05, 0) is 36.2 Å². The van der Waals surface area contributed by atoms with Crippen LogP contribution in [0.25, 0.3) is 11.1 Å². The van der Waals surface area contributed by atoms with Gasteiger partial charge in [0.15, 0.2) is 11.6 Å². The number of ether oxygens (including phenoxy) is 1. The number of hydrogen-bond donors (Lipinski definition) is 1. The monoisotopic (exact) mass is 278 g/mol. The molecule has 3 nitrogen and oxygen atoms in total. The molecule has 1 N–H and O–H groups in total. The van der Waals surface area contributed by atoms with Crippen LogP contribution < -0.4 is 4.74 Å². The van der Waals surface area contributed by atoms with E-state index in [0.29, 0.717) is 5.75 Å². The normalized spacial score (nSPS) is 10.4. The molecule has 20 heavy (non-hydrogen) atoms. The van der Waals surface area contributed by atoms with Gasteiger partial charge in [0.25, 0.3) is 0 Å². The zero-order valence-corrected chi connectivity index (χ0v) is 10.9. The molecule has 0 atom stereocenters. The minimum absolute atomic E-state index is 0.0897.